The number of nitrogens with zero attached hydrogens (tertiary/aromatic N) is 1. The zero-order valence-corrected chi connectivity index (χ0v) is 17.9. The van der Waals surface area contributed by atoms with Gasteiger partial charge in [-0.05, 0) is 34.7 Å². The first-order valence-electron chi connectivity index (χ1n) is 10.9. The minimum absolute atomic E-state index is 0.0166. The molecule has 5 nitrogen and oxygen atoms in total. The number of carbonyl (C=O) groups is 2. The Labute approximate surface area is 187 Å². The van der Waals surface area contributed by atoms with Gasteiger partial charge in [0.25, 0.3) is 0 Å². The van der Waals surface area contributed by atoms with Crippen molar-refractivity contribution in [2.75, 3.05) is 19.7 Å². The Balaban J connectivity index is 1.32. The number of aliphatic carboxylic acids is 1. The first-order chi connectivity index (χ1) is 15.5. The highest BCUT2D eigenvalue weighted by atomic mass is 16.6. The second-order valence-corrected chi connectivity index (χ2v) is 8.67. The van der Waals surface area contributed by atoms with Crippen LogP contribution in [0.15, 0.2) is 72.8 Å². The first-order valence-corrected chi connectivity index (χ1v) is 10.9. The van der Waals surface area contributed by atoms with E-state index >= 15 is 0 Å². The lowest BCUT2D eigenvalue weighted by Crippen LogP contribution is -2.31. The van der Waals surface area contributed by atoms with E-state index in [1.165, 1.54) is 16.0 Å². The molecule has 2 unspecified atom stereocenters. The van der Waals surface area contributed by atoms with Crippen LogP contribution in [0.1, 0.15) is 34.1 Å². The number of likely N-dealkylation sites (tertiary alicyclic amines) is 1. The van der Waals surface area contributed by atoms with Crippen molar-refractivity contribution < 1.29 is 19.4 Å². The number of fused-ring (bicyclic) bond motifs is 3. The molecule has 1 aliphatic carbocycles. The van der Waals surface area contributed by atoms with Gasteiger partial charge < -0.3 is 14.7 Å². The van der Waals surface area contributed by atoms with Gasteiger partial charge in [-0.15, -0.1) is 0 Å². The summed E-state index contributed by atoms with van der Waals surface area (Å²) < 4.78 is 5.75. The normalized spacial score (nSPS) is 19.5. The van der Waals surface area contributed by atoms with Crippen molar-refractivity contribution in [3.63, 3.8) is 0 Å². The fraction of sp³-hybridized carbons (Fsp3) is 0.259. The van der Waals surface area contributed by atoms with Crippen LogP contribution in [0.2, 0.25) is 0 Å². The van der Waals surface area contributed by atoms with Gasteiger partial charge in [-0.2, -0.15) is 0 Å². The van der Waals surface area contributed by atoms with Gasteiger partial charge in [0.15, 0.2) is 0 Å². The Hall–Kier alpha value is -3.60. The third kappa shape index (κ3) is 3.54. The van der Waals surface area contributed by atoms with E-state index in [-0.39, 0.29) is 25.0 Å². The third-order valence-electron chi connectivity index (χ3n) is 6.74. The molecule has 1 N–H and O–H groups in total. The van der Waals surface area contributed by atoms with Crippen LogP contribution in [0, 0.1) is 12.8 Å². The van der Waals surface area contributed by atoms with E-state index in [0.717, 1.165) is 22.3 Å². The summed E-state index contributed by atoms with van der Waals surface area (Å²) in [5.41, 5.74) is 6.73. The third-order valence-corrected chi connectivity index (χ3v) is 6.74. The molecule has 0 aromatic heterocycles. The fourth-order valence-corrected chi connectivity index (χ4v) is 5.04. The maximum Gasteiger partial charge on any atom is 0.409 e. The van der Waals surface area contributed by atoms with E-state index < -0.39 is 18.0 Å². The lowest BCUT2D eigenvalue weighted by atomic mass is 9.89. The molecule has 5 heteroatoms. The van der Waals surface area contributed by atoms with Crippen LogP contribution < -0.4 is 0 Å². The average molecular weight is 428 g/mol. The van der Waals surface area contributed by atoms with Gasteiger partial charge in [-0.25, -0.2) is 4.79 Å². The Morgan fingerprint density at radius 1 is 0.906 bits per heavy atom. The van der Waals surface area contributed by atoms with Crippen LogP contribution in [0.25, 0.3) is 11.1 Å². The van der Waals surface area contributed by atoms with Gasteiger partial charge in [0, 0.05) is 24.9 Å². The van der Waals surface area contributed by atoms with Crippen LogP contribution in [-0.2, 0) is 9.53 Å². The van der Waals surface area contributed by atoms with Gasteiger partial charge in [0.2, 0.25) is 0 Å². The molecule has 5 rings (SSSR count). The van der Waals surface area contributed by atoms with E-state index in [0.29, 0.717) is 6.54 Å². The van der Waals surface area contributed by atoms with Crippen molar-refractivity contribution in [3.05, 3.63) is 95.1 Å². The number of aryl methyl sites for hydroxylation is 1. The molecule has 32 heavy (non-hydrogen) atoms. The largest absolute Gasteiger partial charge is 0.481 e. The molecule has 0 bridgehead atoms. The van der Waals surface area contributed by atoms with E-state index in [9.17, 15) is 14.7 Å². The summed E-state index contributed by atoms with van der Waals surface area (Å²) in [5.74, 6) is -1.78. The van der Waals surface area contributed by atoms with E-state index in [1.54, 1.807) is 0 Å². The number of hydrogen-bond donors (Lipinski definition) is 1. The number of carboxylic acid groups (broad SMARTS) is 1. The number of carbonyl (C=O) groups excluding carboxylic acids is 1. The van der Waals surface area contributed by atoms with Crippen LogP contribution in [0.3, 0.4) is 0 Å². The Morgan fingerprint density at radius 3 is 2.09 bits per heavy atom. The highest BCUT2D eigenvalue weighted by Gasteiger charge is 2.41. The van der Waals surface area contributed by atoms with Crippen molar-refractivity contribution in [3.8, 4) is 11.1 Å². The molecular weight excluding hydrogens is 402 g/mol. The Kier molecular flexibility index (Phi) is 5.17. The Morgan fingerprint density at radius 2 is 1.50 bits per heavy atom. The molecule has 1 aliphatic heterocycles. The highest BCUT2D eigenvalue weighted by molar-refractivity contribution is 5.79. The molecule has 0 saturated carbocycles. The molecule has 3 aromatic rings. The maximum absolute atomic E-state index is 12.9. The van der Waals surface area contributed by atoms with Crippen molar-refractivity contribution in [2.24, 2.45) is 5.92 Å². The molecular formula is C27H25NO4. The van der Waals surface area contributed by atoms with E-state index in [1.807, 2.05) is 55.5 Å². The monoisotopic (exact) mass is 427 g/mol. The van der Waals surface area contributed by atoms with Crippen molar-refractivity contribution in [1.29, 1.82) is 0 Å². The van der Waals surface area contributed by atoms with Crippen LogP contribution in [0.4, 0.5) is 4.79 Å². The average Bonchev–Trinajstić information content (AvgIpc) is 3.39. The zero-order chi connectivity index (χ0) is 22.2. The molecule has 0 spiro atoms. The van der Waals surface area contributed by atoms with Crippen molar-refractivity contribution >= 4 is 12.1 Å². The number of ether oxygens (including phenoxy) is 1. The summed E-state index contributed by atoms with van der Waals surface area (Å²) in [7, 11) is 0. The highest BCUT2D eigenvalue weighted by Crippen LogP contribution is 2.44. The zero-order valence-electron chi connectivity index (χ0n) is 17.9. The summed E-state index contributed by atoms with van der Waals surface area (Å²) in [6.45, 7) is 2.73. The minimum atomic E-state index is -0.885. The number of hydrogen-bond acceptors (Lipinski definition) is 3. The SMILES string of the molecule is Cc1ccc(C2CN(C(=O)OCC3c4ccccc4-c4ccccc43)CC2C(=O)O)cc1. The molecule has 1 fully saturated rings. The standard InChI is InChI=1S/C27H25NO4/c1-17-10-12-18(13-11-17)23-14-28(15-24(23)26(29)30)27(31)32-16-25-21-8-4-2-6-19(21)20-7-3-5-9-22(20)25/h2-13,23-25H,14-16H2,1H3,(H,29,30). The summed E-state index contributed by atoms with van der Waals surface area (Å²) in [5, 5.41) is 9.74. The second-order valence-electron chi connectivity index (χ2n) is 8.67. The molecule has 1 heterocycles. The molecule has 2 aliphatic rings. The summed E-state index contributed by atoms with van der Waals surface area (Å²) in [4.78, 5) is 26.4. The van der Waals surface area contributed by atoms with E-state index in [4.69, 9.17) is 4.74 Å². The van der Waals surface area contributed by atoms with Crippen LogP contribution in [-0.4, -0.2) is 41.8 Å². The number of amides is 1. The predicted octanol–water partition coefficient (Wildman–Crippen LogP) is 5.04. The predicted molar refractivity (Wildman–Crippen MR) is 122 cm³/mol. The van der Waals surface area contributed by atoms with Crippen LogP contribution in [0.5, 0.6) is 0 Å². The van der Waals surface area contributed by atoms with Gasteiger partial charge in [0.1, 0.15) is 6.61 Å². The lowest BCUT2D eigenvalue weighted by molar-refractivity contribution is -0.141. The molecule has 1 saturated heterocycles. The van der Waals surface area contributed by atoms with Crippen molar-refractivity contribution in [2.45, 2.75) is 18.8 Å². The number of carboxylic acids is 1. The topological polar surface area (TPSA) is 66.8 Å². The second kappa shape index (κ2) is 8.15. The molecule has 162 valence electrons. The molecule has 3 aromatic carbocycles. The minimum Gasteiger partial charge on any atom is -0.481 e. The fourth-order valence-electron chi connectivity index (χ4n) is 5.04. The van der Waals surface area contributed by atoms with Gasteiger partial charge in [-0.1, -0.05) is 78.4 Å². The number of rotatable bonds is 4. The summed E-state index contributed by atoms with van der Waals surface area (Å²) in [6.07, 6.45) is -0.451. The lowest BCUT2D eigenvalue weighted by Gasteiger charge is -2.19. The Bertz CT molecular complexity index is 1120. The molecule has 2 atom stereocenters. The van der Waals surface area contributed by atoms with Crippen LogP contribution >= 0.6 is 0 Å². The molecule has 0 radical (unpaired) electrons. The first kappa shape index (κ1) is 20.3. The molecule has 1 amide bonds. The van der Waals surface area contributed by atoms with E-state index in [2.05, 4.69) is 24.3 Å². The van der Waals surface area contributed by atoms with Crippen molar-refractivity contribution in [1.82, 2.24) is 4.90 Å². The number of benzene rings is 3. The quantitative estimate of drug-likeness (QED) is 0.633. The smallest absolute Gasteiger partial charge is 0.409 e. The van der Waals surface area contributed by atoms with Gasteiger partial charge in [0.05, 0.1) is 5.92 Å². The summed E-state index contributed by atoms with van der Waals surface area (Å²) >= 11 is 0. The summed E-state index contributed by atoms with van der Waals surface area (Å²) in [6, 6.07) is 24.3. The van der Waals surface area contributed by atoms with Gasteiger partial charge >= 0.3 is 12.1 Å². The van der Waals surface area contributed by atoms with Gasteiger partial charge in [-0.3, -0.25) is 4.79 Å². The maximum atomic E-state index is 12.9.